The van der Waals surface area contributed by atoms with Gasteiger partial charge in [0.1, 0.15) is 24.4 Å². The van der Waals surface area contributed by atoms with Gasteiger partial charge in [-0.05, 0) is 45.4 Å². The fraction of sp³-hybridized carbons (Fsp3) is 0.633. The van der Waals surface area contributed by atoms with Gasteiger partial charge >= 0.3 is 5.97 Å². The van der Waals surface area contributed by atoms with Gasteiger partial charge in [0.25, 0.3) is 0 Å². The number of epoxide rings is 1. The van der Waals surface area contributed by atoms with Crippen LogP contribution in [0.1, 0.15) is 51.9 Å². The predicted molar refractivity (Wildman–Crippen MR) is 142 cm³/mol. The molecular weight excluding hydrogens is 488 g/mol. The van der Waals surface area contributed by atoms with Crippen LogP contribution in [0.2, 0.25) is 0 Å². The number of esters is 1. The summed E-state index contributed by atoms with van der Waals surface area (Å²) >= 11 is 0. The number of hydrogen-bond donors (Lipinski definition) is 2. The van der Waals surface area contributed by atoms with Crippen LogP contribution in [0.25, 0.3) is 0 Å². The second-order valence-electron chi connectivity index (χ2n) is 10.7. The zero-order valence-electron chi connectivity index (χ0n) is 22.4. The van der Waals surface area contributed by atoms with E-state index in [1.54, 1.807) is 19.3 Å². The summed E-state index contributed by atoms with van der Waals surface area (Å²) in [6.45, 7) is 6.73. The number of hydrogen-bond acceptors (Lipinski definition) is 8. The van der Waals surface area contributed by atoms with E-state index in [9.17, 15) is 15.0 Å². The van der Waals surface area contributed by atoms with Gasteiger partial charge in [-0.15, -0.1) is 0 Å². The fourth-order valence-corrected chi connectivity index (χ4v) is 5.29. The smallest absolute Gasteiger partial charge is 0.330 e. The molecule has 4 aliphatic heterocycles. The molecule has 4 heterocycles. The highest BCUT2D eigenvalue weighted by Crippen LogP contribution is 2.34. The summed E-state index contributed by atoms with van der Waals surface area (Å²) in [4.78, 5) is 12.7. The van der Waals surface area contributed by atoms with Crippen molar-refractivity contribution in [2.24, 2.45) is 0 Å². The van der Waals surface area contributed by atoms with Crippen molar-refractivity contribution in [3.63, 3.8) is 0 Å². The quantitative estimate of drug-likeness (QED) is 0.323. The zero-order valence-corrected chi connectivity index (χ0v) is 22.4. The highest BCUT2D eigenvalue weighted by molar-refractivity contribution is 5.82. The van der Waals surface area contributed by atoms with Gasteiger partial charge in [0.05, 0.1) is 37.1 Å². The molecular formula is C30H42O8. The Kier molecular flexibility index (Phi) is 10.5. The first-order chi connectivity index (χ1) is 18.3. The van der Waals surface area contributed by atoms with Crippen LogP contribution < -0.4 is 0 Å². The van der Waals surface area contributed by atoms with Gasteiger partial charge in [-0.25, -0.2) is 4.79 Å². The molecule has 0 saturated carbocycles. The summed E-state index contributed by atoms with van der Waals surface area (Å²) in [5, 5.41) is 21.6. The largest absolute Gasteiger partial charge is 0.456 e. The summed E-state index contributed by atoms with van der Waals surface area (Å²) in [5.74, 6) is -0.548. The molecule has 0 aromatic heterocycles. The number of ether oxygens (including phenoxy) is 5. The lowest BCUT2D eigenvalue weighted by molar-refractivity contribution is -0.148. The van der Waals surface area contributed by atoms with E-state index in [1.807, 2.05) is 31.2 Å². The van der Waals surface area contributed by atoms with Crippen molar-refractivity contribution < 1.29 is 38.7 Å². The Bertz CT molecular complexity index is 937. The molecule has 38 heavy (non-hydrogen) atoms. The molecule has 0 aliphatic carbocycles. The van der Waals surface area contributed by atoms with E-state index in [-0.39, 0.29) is 43.0 Å². The Balaban J connectivity index is 1.44. The lowest BCUT2D eigenvalue weighted by Crippen LogP contribution is -2.36. The predicted octanol–water partition coefficient (Wildman–Crippen LogP) is 3.48. The van der Waals surface area contributed by atoms with Crippen LogP contribution in [-0.4, -0.2) is 84.8 Å². The Morgan fingerprint density at radius 1 is 1.21 bits per heavy atom. The average Bonchev–Trinajstić information content (AvgIpc) is 3.66. The average molecular weight is 531 g/mol. The lowest BCUT2D eigenvalue weighted by atomic mass is 9.96. The van der Waals surface area contributed by atoms with Gasteiger partial charge in [-0.3, -0.25) is 0 Å². The van der Waals surface area contributed by atoms with Crippen LogP contribution in [0.4, 0.5) is 0 Å². The third-order valence-electron chi connectivity index (χ3n) is 7.54. The van der Waals surface area contributed by atoms with Gasteiger partial charge in [-0.1, -0.05) is 54.2 Å². The number of rotatable bonds is 4. The monoisotopic (exact) mass is 530 g/mol. The summed E-state index contributed by atoms with van der Waals surface area (Å²) < 4.78 is 28.9. The van der Waals surface area contributed by atoms with Gasteiger partial charge in [0, 0.05) is 19.6 Å². The minimum absolute atomic E-state index is 0.0955. The van der Waals surface area contributed by atoms with Crippen LogP contribution in [0.3, 0.4) is 0 Å². The first-order valence-corrected chi connectivity index (χ1v) is 13.7. The van der Waals surface area contributed by atoms with Crippen molar-refractivity contribution in [2.45, 2.75) is 107 Å². The number of fused-ring (bicyclic) bond motifs is 3. The molecule has 0 amide bonds. The zero-order chi connectivity index (χ0) is 27.1. The number of methoxy groups -OCH3 is 1. The van der Waals surface area contributed by atoms with Gasteiger partial charge in [0.2, 0.25) is 0 Å². The first kappa shape index (κ1) is 28.9. The Labute approximate surface area is 225 Å². The Morgan fingerprint density at radius 3 is 2.84 bits per heavy atom. The molecule has 8 nitrogen and oxygen atoms in total. The maximum absolute atomic E-state index is 12.7. The molecule has 2 bridgehead atoms. The van der Waals surface area contributed by atoms with Crippen LogP contribution in [0.5, 0.6) is 0 Å². The van der Waals surface area contributed by atoms with Crippen molar-refractivity contribution in [2.75, 3.05) is 13.7 Å². The third kappa shape index (κ3) is 8.46. The minimum atomic E-state index is -1.04. The Morgan fingerprint density at radius 2 is 2.05 bits per heavy atom. The molecule has 4 rings (SSSR count). The van der Waals surface area contributed by atoms with Crippen LogP contribution in [-0.2, 0) is 28.5 Å². The van der Waals surface area contributed by atoms with E-state index >= 15 is 0 Å². The van der Waals surface area contributed by atoms with Gasteiger partial charge in [0.15, 0.2) is 0 Å². The van der Waals surface area contributed by atoms with Gasteiger partial charge < -0.3 is 33.9 Å². The molecule has 0 unspecified atom stereocenters. The second-order valence-corrected chi connectivity index (χ2v) is 10.7. The van der Waals surface area contributed by atoms with E-state index in [0.717, 1.165) is 31.3 Å². The topological polar surface area (TPSA) is 107 Å². The molecule has 9 atom stereocenters. The maximum Gasteiger partial charge on any atom is 0.330 e. The SMILES string of the molecule is C=C1CCC[C@H]2O[C@@H](C=C[C@@H]2OC)C/C=C\C(=O)O[C@H]([C@@H](O)/C=C/[C@@H]2CC(C)=CCO2)C[C@@H]2O[C@H]2[C@@H](O)C1. The molecule has 8 heteroatoms. The van der Waals surface area contributed by atoms with Crippen molar-refractivity contribution in [1.82, 2.24) is 0 Å². The van der Waals surface area contributed by atoms with Crippen LogP contribution >= 0.6 is 0 Å². The van der Waals surface area contributed by atoms with E-state index in [0.29, 0.717) is 19.4 Å². The highest BCUT2D eigenvalue weighted by atomic mass is 16.6. The third-order valence-corrected chi connectivity index (χ3v) is 7.54. The maximum atomic E-state index is 12.7. The highest BCUT2D eigenvalue weighted by Gasteiger charge is 2.46. The molecule has 210 valence electrons. The molecule has 1 saturated heterocycles. The first-order valence-electron chi connectivity index (χ1n) is 13.7. The number of cyclic esters (lactones) is 1. The standard InChI is InChI=1S/C30H42O8/c1-19-6-4-8-26-25(34-3)13-11-21(36-26)7-5-9-29(33)37-27(18-28-30(38-28)24(32)17-19)23(31)12-10-22-16-20(2)14-15-35-22/h5,9-14,21-28,30-32H,1,4,6-8,15-18H2,2-3H3/b9-5-,12-10+/t21-,22-,23+,24+,25+,26-,27+,28+,30+/m1/s1. The number of carbonyl (C=O) groups is 1. The van der Waals surface area contributed by atoms with Crippen molar-refractivity contribution in [1.29, 1.82) is 0 Å². The number of aliphatic hydroxyl groups excluding tert-OH is 2. The summed E-state index contributed by atoms with van der Waals surface area (Å²) in [7, 11) is 1.67. The van der Waals surface area contributed by atoms with Crippen molar-refractivity contribution in [3.8, 4) is 0 Å². The summed E-state index contributed by atoms with van der Waals surface area (Å²) in [5.41, 5.74) is 2.19. The molecule has 0 radical (unpaired) electrons. The molecule has 4 aliphatic rings. The summed E-state index contributed by atoms with van der Waals surface area (Å²) in [6, 6.07) is 0. The number of aliphatic hydroxyl groups is 2. The Hall–Kier alpha value is -2.07. The van der Waals surface area contributed by atoms with Gasteiger partial charge in [-0.2, -0.15) is 0 Å². The van der Waals surface area contributed by atoms with Crippen molar-refractivity contribution in [3.05, 3.63) is 60.3 Å². The molecule has 1 fully saturated rings. The van der Waals surface area contributed by atoms with E-state index in [1.165, 1.54) is 11.6 Å². The van der Waals surface area contributed by atoms with Crippen LogP contribution in [0.15, 0.2) is 60.3 Å². The normalized spacial score (nSPS) is 38.9. The fourth-order valence-electron chi connectivity index (χ4n) is 5.29. The van der Waals surface area contributed by atoms with Crippen LogP contribution in [0, 0.1) is 0 Å². The van der Waals surface area contributed by atoms with Crippen molar-refractivity contribution >= 4 is 5.97 Å². The van der Waals surface area contributed by atoms with E-state index in [2.05, 4.69) is 6.58 Å². The minimum Gasteiger partial charge on any atom is -0.456 e. The summed E-state index contributed by atoms with van der Waals surface area (Å²) in [6.07, 6.45) is 13.2. The molecule has 2 N–H and O–H groups in total. The molecule has 0 aromatic carbocycles. The molecule has 0 spiro atoms. The second kappa shape index (κ2) is 13.8. The van der Waals surface area contributed by atoms with E-state index in [4.69, 9.17) is 23.7 Å². The van der Waals surface area contributed by atoms with E-state index < -0.39 is 24.3 Å². The number of carbonyl (C=O) groups excluding carboxylic acids is 1. The lowest BCUT2D eigenvalue weighted by Gasteiger charge is -2.31. The molecule has 0 aromatic rings.